The van der Waals surface area contributed by atoms with Gasteiger partial charge < -0.3 is 21.7 Å². The van der Waals surface area contributed by atoms with Crippen molar-refractivity contribution in [3.8, 4) is 0 Å². The van der Waals surface area contributed by atoms with Gasteiger partial charge in [0.25, 0.3) is 5.91 Å². The first kappa shape index (κ1) is 20.9. The van der Waals surface area contributed by atoms with Crippen molar-refractivity contribution in [3.63, 3.8) is 0 Å². The second kappa shape index (κ2) is 9.18. The number of rotatable bonds is 4. The summed E-state index contributed by atoms with van der Waals surface area (Å²) in [4.78, 5) is 19.9. The predicted octanol–water partition coefficient (Wildman–Crippen LogP) is 3.24. The van der Waals surface area contributed by atoms with Gasteiger partial charge in [-0.2, -0.15) is 5.10 Å². The Balaban J connectivity index is 1.52. The summed E-state index contributed by atoms with van der Waals surface area (Å²) in [6.45, 7) is 1.74. The normalized spacial score (nSPS) is 22.5. The molecule has 5 N–H and O–H groups in total. The van der Waals surface area contributed by atoms with Crippen LogP contribution in [0.25, 0.3) is 0 Å². The highest BCUT2D eigenvalue weighted by Gasteiger charge is 2.25. The number of carbonyl (C=O) groups is 1. The average molecular weight is 430 g/mol. The molecular weight excluding hydrogens is 398 g/mol. The molecule has 2 aromatic heterocycles. The van der Waals surface area contributed by atoms with Gasteiger partial charge in [-0.25, -0.2) is 4.98 Å². The monoisotopic (exact) mass is 429 g/mol. The van der Waals surface area contributed by atoms with Gasteiger partial charge in [0.05, 0.1) is 6.20 Å². The minimum atomic E-state index is -0.284. The minimum absolute atomic E-state index is 0.229. The fourth-order valence-electron chi connectivity index (χ4n) is 4.27. The Labute approximate surface area is 181 Å². The first-order chi connectivity index (χ1) is 14.5. The number of thiazole rings is 1. The summed E-state index contributed by atoms with van der Waals surface area (Å²) in [5.41, 5.74) is 13.3. The van der Waals surface area contributed by atoms with Crippen LogP contribution < -0.4 is 21.7 Å². The van der Waals surface area contributed by atoms with Crippen LogP contribution in [0.15, 0.2) is 18.3 Å². The Morgan fingerprint density at radius 3 is 2.97 bits per heavy atom. The Kier molecular flexibility index (Phi) is 6.38. The van der Waals surface area contributed by atoms with Gasteiger partial charge in [0.1, 0.15) is 15.7 Å². The molecule has 0 spiro atoms. The van der Waals surface area contributed by atoms with Crippen LogP contribution in [0.4, 0.5) is 16.5 Å². The lowest BCUT2D eigenvalue weighted by Crippen LogP contribution is -2.29. The number of amides is 1. The first-order valence-corrected chi connectivity index (χ1v) is 11.6. The van der Waals surface area contributed by atoms with E-state index in [0.717, 1.165) is 62.4 Å². The molecule has 30 heavy (non-hydrogen) atoms. The topological polar surface area (TPSA) is 115 Å². The lowest BCUT2D eigenvalue weighted by molar-refractivity contribution is 0.102. The van der Waals surface area contributed by atoms with Gasteiger partial charge in [0.15, 0.2) is 11.5 Å². The highest BCUT2D eigenvalue weighted by atomic mass is 32.1. The van der Waals surface area contributed by atoms with E-state index in [1.165, 1.54) is 17.8 Å². The maximum atomic E-state index is 13.0. The summed E-state index contributed by atoms with van der Waals surface area (Å²) < 4.78 is 1.80. The van der Waals surface area contributed by atoms with Crippen LogP contribution in [0.3, 0.4) is 0 Å². The summed E-state index contributed by atoms with van der Waals surface area (Å²) in [5.74, 6) is 0.864. The number of nitrogens with one attached hydrogen (secondary N) is 1. The van der Waals surface area contributed by atoms with Crippen LogP contribution in [-0.4, -0.2) is 39.8 Å². The molecule has 0 saturated carbocycles. The molecule has 3 heterocycles. The average Bonchev–Trinajstić information content (AvgIpc) is 3.06. The van der Waals surface area contributed by atoms with Crippen molar-refractivity contribution in [2.45, 2.75) is 56.9 Å². The van der Waals surface area contributed by atoms with Crippen molar-refractivity contribution in [2.75, 3.05) is 29.0 Å². The highest BCUT2D eigenvalue weighted by Crippen LogP contribution is 2.34. The number of allylic oxidation sites excluding steroid dienone is 2. The van der Waals surface area contributed by atoms with E-state index in [9.17, 15) is 4.79 Å². The standard InChI is InChI=1S/C21H31N7OS/c1-27-21(28-11-6-9-15(22)10-12-28)16(13-24-27)25-19(29)17-18(23)30-20(26-17)14-7-4-2-3-5-8-14/h4,7,13-15H,2-3,5-6,8-12,22-23H2,1H3,(H,25,29). The molecule has 9 heteroatoms. The number of hydrogen-bond donors (Lipinski definition) is 3. The van der Waals surface area contributed by atoms with Gasteiger partial charge in [-0.3, -0.25) is 9.48 Å². The zero-order chi connectivity index (χ0) is 21.1. The lowest BCUT2D eigenvalue weighted by Gasteiger charge is -2.24. The molecule has 162 valence electrons. The molecule has 1 saturated heterocycles. The van der Waals surface area contributed by atoms with Crippen LogP contribution in [-0.2, 0) is 7.05 Å². The first-order valence-electron chi connectivity index (χ1n) is 10.8. The fraction of sp³-hybridized carbons (Fsp3) is 0.571. The second-order valence-electron chi connectivity index (χ2n) is 8.22. The number of nitrogen functional groups attached to an aromatic ring is 1. The zero-order valence-corrected chi connectivity index (χ0v) is 18.3. The Bertz CT molecular complexity index is 919. The van der Waals surface area contributed by atoms with E-state index in [4.69, 9.17) is 11.5 Å². The number of hydrogen-bond acceptors (Lipinski definition) is 7. The molecule has 2 unspecified atom stereocenters. The molecule has 1 aliphatic carbocycles. The Morgan fingerprint density at radius 2 is 2.10 bits per heavy atom. The molecule has 1 fully saturated rings. The van der Waals surface area contributed by atoms with Crippen molar-refractivity contribution in [1.29, 1.82) is 0 Å². The van der Waals surface area contributed by atoms with Crippen molar-refractivity contribution < 1.29 is 4.79 Å². The van der Waals surface area contributed by atoms with E-state index in [1.807, 2.05) is 7.05 Å². The summed E-state index contributed by atoms with van der Waals surface area (Å²) in [5, 5.41) is 8.75. The molecule has 2 aromatic rings. The molecule has 2 atom stereocenters. The van der Waals surface area contributed by atoms with E-state index in [1.54, 1.807) is 10.9 Å². The van der Waals surface area contributed by atoms with Gasteiger partial charge >= 0.3 is 0 Å². The Morgan fingerprint density at radius 1 is 1.23 bits per heavy atom. The van der Waals surface area contributed by atoms with Crippen LogP contribution in [0.2, 0.25) is 0 Å². The van der Waals surface area contributed by atoms with Crippen LogP contribution in [0, 0.1) is 0 Å². The quantitative estimate of drug-likeness (QED) is 0.643. The molecule has 0 bridgehead atoms. The molecule has 8 nitrogen and oxygen atoms in total. The van der Waals surface area contributed by atoms with Gasteiger partial charge in [-0.1, -0.05) is 18.6 Å². The SMILES string of the molecule is Cn1ncc(NC(=O)c2nc(C3C=CCCCC3)sc2N)c1N1CCCC(N)CC1. The smallest absolute Gasteiger partial charge is 0.277 e. The van der Waals surface area contributed by atoms with Crippen LogP contribution in [0.1, 0.15) is 66.4 Å². The molecule has 1 amide bonds. The molecular formula is C21H31N7OS. The number of aromatic nitrogens is 3. The number of nitrogens with zero attached hydrogens (tertiary/aromatic N) is 4. The number of aryl methyl sites for hydroxylation is 1. The fourth-order valence-corrected chi connectivity index (χ4v) is 5.21. The minimum Gasteiger partial charge on any atom is -0.389 e. The molecule has 2 aliphatic rings. The third kappa shape index (κ3) is 4.52. The van der Waals surface area contributed by atoms with E-state index >= 15 is 0 Å². The maximum absolute atomic E-state index is 13.0. The third-order valence-electron chi connectivity index (χ3n) is 5.93. The second-order valence-corrected chi connectivity index (χ2v) is 9.28. The number of nitrogens with two attached hydrogens (primary N) is 2. The predicted molar refractivity (Wildman–Crippen MR) is 122 cm³/mol. The van der Waals surface area contributed by atoms with Crippen molar-refractivity contribution in [3.05, 3.63) is 29.1 Å². The van der Waals surface area contributed by atoms with Gasteiger partial charge in [0.2, 0.25) is 0 Å². The third-order valence-corrected chi connectivity index (χ3v) is 6.95. The van der Waals surface area contributed by atoms with Crippen LogP contribution >= 0.6 is 11.3 Å². The summed E-state index contributed by atoms with van der Waals surface area (Å²) in [7, 11) is 1.89. The maximum Gasteiger partial charge on any atom is 0.277 e. The van der Waals surface area contributed by atoms with Crippen molar-refractivity contribution in [2.24, 2.45) is 12.8 Å². The van der Waals surface area contributed by atoms with Crippen molar-refractivity contribution >= 4 is 33.8 Å². The van der Waals surface area contributed by atoms with Gasteiger partial charge in [-0.15, -0.1) is 11.3 Å². The molecule has 1 aliphatic heterocycles. The number of carbonyl (C=O) groups excluding carboxylic acids is 1. The van der Waals surface area contributed by atoms with E-state index in [0.29, 0.717) is 16.4 Å². The van der Waals surface area contributed by atoms with Crippen molar-refractivity contribution in [1.82, 2.24) is 14.8 Å². The molecule has 4 rings (SSSR count). The van der Waals surface area contributed by atoms with E-state index < -0.39 is 0 Å². The van der Waals surface area contributed by atoms with E-state index in [-0.39, 0.29) is 17.9 Å². The zero-order valence-electron chi connectivity index (χ0n) is 17.5. The largest absolute Gasteiger partial charge is 0.389 e. The van der Waals surface area contributed by atoms with E-state index in [2.05, 4.69) is 32.5 Å². The number of anilines is 3. The Hall–Kier alpha value is -2.39. The van der Waals surface area contributed by atoms with Gasteiger partial charge in [0, 0.05) is 32.1 Å². The van der Waals surface area contributed by atoms with Crippen LogP contribution in [0.5, 0.6) is 0 Å². The lowest BCUT2D eigenvalue weighted by atomic mass is 10.1. The van der Waals surface area contributed by atoms with Gasteiger partial charge in [-0.05, 0) is 38.5 Å². The highest BCUT2D eigenvalue weighted by molar-refractivity contribution is 7.16. The summed E-state index contributed by atoms with van der Waals surface area (Å²) in [6.07, 6.45) is 13.6. The molecule has 0 radical (unpaired) electrons. The summed E-state index contributed by atoms with van der Waals surface area (Å²) >= 11 is 1.42. The summed E-state index contributed by atoms with van der Waals surface area (Å²) in [6, 6.07) is 0.229. The molecule has 0 aromatic carbocycles.